The Hall–Kier alpha value is -1.74. The number of rotatable bonds is 3. The molecule has 88 valence electrons. The molecule has 0 aliphatic carbocycles. The van der Waals surface area contributed by atoms with Crippen molar-refractivity contribution in [3.05, 3.63) is 52.8 Å². The molecular weight excluding hydrogens is 236 g/mol. The van der Waals surface area contributed by atoms with Gasteiger partial charge in [-0.1, -0.05) is 17.7 Å². The molecule has 3 nitrogen and oxygen atoms in total. The third-order valence-electron chi connectivity index (χ3n) is 2.31. The fraction of sp³-hybridized carbons (Fsp3) is 0.154. The molecule has 2 rings (SSSR count). The van der Waals surface area contributed by atoms with E-state index in [0.29, 0.717) is 23.1 Å². The van der Waals surface area contributed by atoms with Gasteiger partial charge in [0.15, 0.2) is 5.75 Å². The van der Waals surface area contributed by atoms with Gasteiger partial charge in [-0.2, -0.15) is 0 Å². The van der Waals surface area contributed by atoms with Gasteiger partial charge in [0.1, 0.15) is 6.61 Å². The van der Waals surface area contributed by atoms with Gasteiger partial charge in [-0.05, 0) is 30.7 Å². The average molecular weight is 249 g/mol. The number of pyridine rings is 1. The first kappa shape index (κ1) is 11.7. The van der Waals surface area contributed by atoms with Crippen molar-refractivity contribution in [2.24, 2.45) is 0 Å². The van der Waals surface area contributed by atoms with Crippen molar-refractivity contribution < 1.29 is 4.74 Å². The highest BCUT2D eigenvalue weighted by atomic mass is 35.5. The molecule has 0 saturated heterocycles. The average Bonchev–Trinajstić information content (AvgIpc) is 2.28. The van der Waals surface area contributed by atoms with Crippen LogP contribution in [-0.4, -0.2) is 4.98 Å². The molecule has 0 aliphatic rings. The lowest BCUT2D eigenvalue weighted by atomic mass is 10.2. The second kappa shape index (κ2) is 5.06. The van der Waals surface area contributed by atoms with Crippen LogP contribution in [0.15, 0.2) is 36.7 Å². The van der Waals surface area contributed by atoms with Crippen molar-refractivity contribution in [2.75, 3.05) is 5.73 Å². The van der Waals surface area contributed by atoms with Crippen molar-refractivity contribution in [2.45, 2.75) is 13.5 Å². The Kier molecular flexibility index (Phi) is 3.49. The van der Waals surface area contributed by atoms with Gasteiger partial charge in [0.2, 0.25) is 0 Å². The molecule has 1 aromatic heterocycles. The Labute approximate surface area is 105 Å². The van der Waals surface area contributed by atoms with Gasteiger partial charge in [0.05, 0.1) is 10.7 Å². The van der Waals surface area contributed by atoms with E-state index in [2.05, 4.69) is 4.98 Å². The van der Waals surface area contributed by atoms with Crippen LogP contribution in [0.25, 0.3) is 0 Å². The Balaban J connectivity index is 2.13. The predicted molar refractivity (Wildman–Crippen MR) is 69.2 cm³/mol. The topological polar surface area (TPSA) is 48.1 Å². The fourth-order valence-electron chi connectivity index (χ4n) is 1.53. The number of ether oxygens (including phenoxy) is 1. The summed E-state index contributed by atoms with van der Waals surface area (Å²) in [5.41, 5.74) is 8.42. The molecule has 0 bridgehead atoms. The number of aromatic nitrogens is 1. The number of nitrogen functional groups attached to an aromatic ring is 1. The van der Waals surface area contributed by atoms with Gasteiger partial charge in [-0.15, -0.1) is 0 Å². The fourth-order valence-corrected chi connectivity index (χ4v) is 1.77. The second-order valence-electron chi connectivity index (χ2n) is 3.82. The van der Waals surface area contributed by atoms with E-state index in [-0.39, 0.29) is 0 Å². The number of anilines is 1. The van der Waals surface area contributed by atoms with E-state index < -0.39 is 0 Å². The summed E-state index contributed by atoms with van der Waals surface area (Å²) >= 11 is 6.01. The molecular formula is C13H13ClN2O. The summed E-state index contributed by atoms with van der Waals surface area (Å²) in [5, 5.41) is 0.519. The van der Waals surface area contributed by atoms with Crippen LogP contribution in [0.4, 0.5) is 5.69 Å². The first-order valence-corrected chi connectivity index (χ1v) is 5.62. The maximum Gasteiger partial charge on any atom is 0.161 e. The summed E-state index contributed by atoms with van der Waals surface area (Å²) < 4.78 is 5.61. The highest BCUT2D eigenvalue weighted by Crippen LogP contribution is 2.31. The number of para-hydroxylation sites is 1. The van der Waals surface area contributed by atoms with Gasteiger partial charge in [0.25, 0.3) is 0 Å². The number of nitrogens with zero attached hydrogens (tertiary/aromatic N) is 1. The molecule has 0 radical (unpaired) electrons. The maximum atomic E-state index is 6.01. The number of hydrogen-bond donors (Lipinski definition) is 1. The molecule has 4 heteroatoms. The van der Waals surface area contributed by atoms with Gasteiger partial charge < -0.3 is 10.5 Å². The van der Waals surface area contributed by atoms with E-state index in [1.54, 1.807) is 30.6 Å². The highest BCUT2D eigenvalue weighted by molar-refractivity contribution is 6.32. The van der Waals surface area contributed by atoms with Crippen molar-refractivity contribution in [1.82, 2.24) is 4.98 Å². The van der Waals surface area contributed by atoms with Crippen LogP contribution in [0, 0.1) is 6.92 Å². The summed E-state index contributed by atoms with van der Waals surface area (Å²) in [6, 6.07) is 7.32. The van der Waals surface area contributed by atoms with E-state index in [9.17, 15) is 0 Å². The molecule has 0 atom stereocenters. The van der Waals surface area contributed by atoms with E-state index in [1.807, 2.05) is 13.0 Å². The Morgan fingerprint density at radius 2 is 2.18 bits per heavy atom. The molecule has 0 fully saturated rings. The largest absolute Gasteiger partial charge is 0.485 e. The minimum Gasteiger partial charge on any atom is -0.485 e. The highest BCUT2D eigenvalue weighted by Gasteiger charge is 2.05. The van der Waals surface area contributed by atoms with E-state index in [4.69, 9.17) is 22.1 Å². The van der Waals surface area contributed by atoms with Crippen LogP contribution < -0.4 is 10.5 Å². The van der Waals surface area contributed by atoms with Crippen LogP contribution in [0.1, 0.15) is 11.1 Å². The summed E-state index contributed by atoms with van der Waals surface area (Å²) in [5.74, 6) is 0.524. The Morgan fingerprint density at radius 3 is 2.88 bits per heavy atom. The van der Waals surface area contributed by atoms with E-state index >= 15 is 0 Å². The quantitative estimate of drug-likeness (QED) is 0.849. The number of aryl methyl sites for hydroxylation is 1. The molecule has 1 heterocycles. The minimum absolute atomic E-state index is 0.405. The van der Waals surface area contributed by atoms with Crippen LogP contribution in [0.3, 0.4) is 0 Å². The van der Waals surface area contributed by atoms with Crippen molar-refractivity contribution in [3.8, 4) is 5.75 Å². The molecule has 0 unspecified atom stereocenters. The van der Waals surface area contributed by atoms with E-state index in [1.165, 1.54) is 0 Å². The third kappa shape index (κ3) is 2.88. The van der Waals surface area contributed by atoms with Crippen molar-refractivity contribution in [3.63, 3.8) is 0 Å². The molecule has 1 aromatic carbocycles. The number of halogens is 1. The van der Waals surface area contributed by atoms with Crippen molar-refractivity contribution >= 4 is 17.3 Å². The predicted octanol–water partition coefficient (Wildman–Crippen LogP) is 3.20. The first-order chi connectivity index (χ1) is 8.16. The van der Waals surface area contributed by atoms with Gasteiger partial charge in [-0.25, -0.2) is 0 Å². The molecule has 0 aliphatic heterocycles. The van der Waals surface area contributed by atoms with Gasteiger partial charge >= 0.3 is 0 Å². The molecule has 17 heavy (non-hydrogen) atoms. The summed E-state index contributed by atoms with van der Waals surface area (Å²) in [6.07, 6.45) is 3.56. The summed E-state index contributed by atoms with van der Waals surface area (Å²) in [4.78, 5) is 4.10. The van der Waals surface area contributed by atoms with Crippen LogP contribution in [0.5, 0.6) is 5.75 Å². The molecule has 0 amide bonds. The summed E-state index contributed by atoms with van der Waals surface area (Å²) in [7, 11) is 0. The van der Waals surface area contributed by atoms with Gasteiger partial charge in [-0.3, -0.25) is 4.98 Å². The van der Waals surface area contributed by atoms with Crippen LogP contribution in [0.2, 0.25) is 5.02 Å². The SMILES string of the molecule is Cc1cncc(COc2c(N)cccc2Cl)c1. The lowest BCUT2D eigenvalue weighted by molar-refractivity contribution is 0.307. The Morgan fingerprint density at radius 1 is 1.35 bits per heavy atom. The molecule has 0 saturated carbocycles. The van der Waals surface area contributed by atoms with E-state index in [0.717, 1.165) is 11.1 Å². The van der Waals surface area contributed by atoms with Crippen LogP contribution >= 0.6 is 11.6 Å². The minimum atomic E-state index is 0.405. The smallest absolute Gasteiger partial charge is 0.161 e. The molecule has 0 spiro atoms. The third-order valence-corrected chi connectivity index (χ3v) is 2.61. The summed E-state index contributed by atoms with van der Waals surface area (Å²) in [6.45, 7) is 2.39. The standard InChI is InChI=1S/C13H13ClN2O/c1-9-5-10(7-16-6-9)8-17-13-11(14)3-2-4-12(13)15/h2-7H,8,15H2,1H3. The number of benzene rings is 1. The van der Waals surface area contributed by atoms with Crippen molar-refractivity contribution in [1.29, 1.82) is 0 Å². The lowest BCUT2D eigenvalue weighted by Crippen LogP contribution is -2.00. The zero-order chi connectivity index (χ0) is 12.3. The molecule has 2 aromatic rings. The first-order valence-electron chi connectivity index (χ1n) is 5.24. The number of nitrogens with two attached hydrogens (primary N) is 1. The second-order valence-corrected chi connectivity index (χ2v) is 4.22. The molecule has 2 N–H and O–H groups in total. The normalized spacial score (nSPS) is 10.2. The van der Waals surface area contributed by atoms with Crippen LogP contribution in [-0.2, 0) is 6.61 Å². The monoisotopic (exact) mass is 248 g/mol. The Bertz CT molecular complexity index is 508. The van der Waals surface area contributed by atoms with Gasteiger partial charge in [0, 0.05) is 18.0 Å². The zero-order valence-corrected chi connectivity index (χ0v) is 10.2. The lowest BCUT2D eigenvalue weighted by Gasteiger charge is -2.10. The maximum absolute atomic E-state index is 6.01. The zero-order valence-electron chi connectivity index (χ0n) is 9.48. The number of hydrogen-bond acceptors (Lipinski definition) is 3.